The van der Waals surface area contributed by atoms with Crippen LogP contribution in [0.15, 0.2) is 24.3 Å². The predicted molar refractivity (Wildman–Crippen MR) is 67.0 cm³/mol. The van der Waals surface area contributed by atoms with E-state index >= 15 is 0 Å². The lowest BCUT2D eigenvalue weighted by atomic mass is 10.0. The fourth-order valence-electron chi connectivity index (χ4n) is 1.67. The van der Waals surface area contributed by atoms with Gasteiger partial charge in [-0.2, -0.15) is 0 Å². The SMILES string of the molecule is CCc1ccccc1CNCC(C)CC. The summed E-state index contributed by atoms with van der Waals surface area (Å²) in [7, 11) is 0. The van der Waals surface area contributed by atoms with Gasteiger partial charge in [-0.3, -0.25) is 0 Å². The number of rotatable bonds is 6. The van der Waals surface area contributed by atoms with Crippen LogP contribution in [0.5, 0.6) is 0 Å². The first-order chi connectivity index (χ1) is 7.27. The van der Waals surface area contributed by atoms with Crippen molar-refractivity contribution in [1.29, 1.82) is 0 Å². The molecule has 1 aromatic rings. The molecule has 0 heterocycles. The van der Waals surface area contributed by atoms with Crippen molar-refractivity contribution in [3.63, 3.8) is 0 Å². The zero-order valence-corrected chi connectivity index (χ0v) is 10.2. The van der Waals surface area contributed by atoms with Gasteiger partial charge in [0.1, 0.15) is 0 Å². The third-order valence-electron chi connectivity index (χ3n) is 3.00. The molecule has 0 saturated carbocycles. The maximum absolute atomic E-state index is 3.53. The molecule has 1 aromatic carbocycles. The molecule has 1 nitrogen and oxygen atoms in total. The fourth-order valence-corrected chi connectivity index (χ4v) is 1.67. The van der Waals surface area contributed by atoms with Gasteiger partial charge in [-0.25, -0.2) is 0 Å². The van der Waals surface area contributed by atoms with E-state index in [4.69, 9.17) is 0 Å². The van der Waals surface area contributed by atoms with Crippen LogP contribution < -0.4 is 5.32 Å². The summed E-state index contributed by atoms with van der Waals surface area (Å²) in [6.45, 7) is 8.88. The Bertz CT molecular complexity index is 280. The smallest absolute Gasteiger partial charge is 0.0208 e. The van der Waals surface area contributed by atoms with Crippen molar-refractivity contribution < 1.29 is 0 Å². The Morgan fingerprint density at radius 1 is 1.13 bits per heavy atom. The minimum Gasteiger partial charge on any atom is -0.312 e. The summed E-state index contributed by atoms with van der Waals surface area (Å²) in [6.07, 6.45) is 2.38. The quantitative estimate of drug-likeness (QED) is 0.750. The highest BCUT2D eigenvalue weighted by atomic mass is 14.9. The lowest BCUT2D eigenvalue weighted by molar-refractivity contribution is 0.499. The number of hydrogen-bond donors (Lipinski definition) is 1. The van der Waals surface area contributed by atoms with Crippen molar-refractivity contribution >= 4 is 0 Å². The van der Waals surface area contributed by atoms with Crippen LogP contribution in [0.1, 0.15) is 38.3 Å². The van der Waals surface area contributed by atoms with Gasteiger partial charge in [0.05, 0.1) is 0 Å². The average molecular weight is 205 g/mol. The van der Waals surface area contributed by atoms with Gasteiger partial charge in [0.25, 0.3) is 0 Å². The van der Waals surface area contributed by atoms with Gasteiger partial charge in [-0.15, -0.1) is 0 Å². The second-order valence-corrected chi connectivity index (χ2v) is 4.27. The van der Waals surface area contributed by atoms with E-state index < -0.39 is 0 Å². The molecule has 15 heavy (non-hydrogen) atoms. The third kappa shape index (κ3) is 4.05. The summed E-state index contributed by atoms with van der Waals surface area (Å²) in [5, 5.41) is 3.53. The summed E-state index contributed by atoms with van der Waals surface area (Å²) >= 11 is 0. The molecule has 0 bridgehead atoms. The van der Waals surface area contributed by atoms with Crippen molar-refractivity contribution in [1.82, 2.24) is 5.32 Å². The standard InChI is InChI=1S/C14H23N/c1-4-12(3)10-15-11-14-9-7-6-8-13(14)5-2/h6-9,12,15H,4-5,10-11H2,1-3H3. The first-order valence-corrected chi connectivity index (χ1v) is 6.05. The largest absolute Gasteiger partial charge is 0.312 e. The van der Waals surface area contributed by atoms with Crippen LogP contribution in [0.25, 0.3) is 0 Å². The van der Waals surface area contributed by atoms with Crippen LogP contribution >= 0.6 is 0 Å². The van der Waals surface area contributed by atoms with E-state index in [9.17, 15) is 0 Å². The van der Waals surface area contributed by atoms with E-state index in [0.717, 1.165) is 25.4 Å². The summed E-state index contributed by atoms with van der Waals surface area (Å²) in [5.74, 6) is 0.777. The molecule has 1 unspecified atom stereocenters. The number of aryl methyl sites for hydroxylation is 1. The summed E-state index contributed by atoms with van der Waals surface area (Å²) in [4.78, 5) is 0. The van der Waals surface area contributed by atoms with Crippen molar-refractivity contribution in [2.45, 2.75) is 40.2 Å². The zero-order chi connectivity index (χ0) is 11.1. The molecule has 0 amide bonds. The monoisotopic (exact) mass is 205 g/mol. The van der Waals surface area contributed by atoms with Gasteiger partial charge in [0.2, 0.25) is 0 Å². The molecular weight excluding hydrogens is 182 g/mol. The molecular formula is C14H23N. The molecule has 84 valence electrons. The van der Waals surface area contributed by atoms with Crippen LogP contribution in [0.4, 0.5) is 0 Å². The second kappa shape index (κ2) is 6.62. The Kier molecular flexibility index (Phi) is 5.41. The van der Waals surface area contributed by atoms with Crippen LogP contribution in [-0.2, 0) is 13.0 Å². The Balaban J connectivity index is 2.43. The van der Waals surface area contributed by atoms with Crippen LogP contribution in [-0.4, -0.2) is 6.54 Å². The lowest BCUT2D eigenvalue weighted by Crippen LogP contribution is -2.20. The Morgan fingerprint density at radius 2 is 1.80 bits per heavy atom. The molecule has 0 aliphatic carbocycles. The van der Waals surface area contributed by atoms with Gasteiger partial charge in [-0.05, 0) is 30.0 Å². The number of nitrogens with one attached hydrogen (secondary N) is 1. The molecule has 0 spiro atoms. The normalized spacial score (nSPS) is 12.7. The van der Waals surface area contributed by atoms with Crippen molar-refractivity contribution in [2.24, 2.45) is 5.92 Å². The van der Waals surface area contributed by atoms with Crippen molar-refractivity contribution in [3.8, 4) is 0 Å². The van der Waals surface area contributed by atoms with E-state index in [2.05, 4.69) is 50.4 Å². The van der Waals surface area contributed by atoms with Gasteiger partial charge < -0.3 is 5.32 Å². The minimum atomic E-state index is 0.777. The van der Waals surface area contributed by atoms with Crippen LogP contribution in [0.3, 0.4) is 0 Å². The Labute approximate surface area is 93.9 Å². The number of hydrogen-bond acceptors (Lipinski definition) is 1. The average Bonchev–Trinajstić information content (AvgIpc) is 2.29. The molecule has 1 heteroatoms. The Hall–Kier alpha value is -0.820. The van der Waals surface area contributed by atoms with Gasteiger partial charge in [-0.1, -0.05) is 51.5 Å². The van der Waals surface area contributed by atoms with E-state index in [1.807, 2.05) is 0 Å². The highest BCUT2D eigenvalue weighted by Crippen LogP contribution is 2.09. The van der Waals surface area contributed by atoms with Gasteiger partial charge in [0, 0.05) is 6.54 Å². The molecule has 1 atom stereocenters. The van der Waals surface area contributed by atoms with Crippen molar-refractivity contribution in [2.75, 3.05) is 6.54 Å². The summed E-state index contributed by atoms with van der Waals surface area (Å²) in [6, 6.07) is 8.69. The molecule has 0 aliphatic heterocycles. The second-order valence-electron chi connectivity index (χ2n) is 4.27. The maximum Gasteiger partial charge on any atom is 0.0208 e. The minimum absolute atomic E-state index is 0.777. The van der Waals surface area contributed by atoms with Crippen LogP contribution in [0, 0.1) is 5.92 Å². The number of benzene rings is 1. The zero-order valence-electron chi connectivity index (χ0n) is 10.2. The molecule has 0 aliphatic rings. The first-order valence-electron chi connectivity index (χ1n) is 6.05. The topological polar surface area (TPSA) is 12.0 Å². The summed E-state index contributed by atoms with van der Waals surface area (Å²) in [5.41, 5.74) is 2.91. The molecule has 0 aromatic heterocycles. The van der Waals surface area contributed by atoms with E-state index in [-0.39, 0.29) is 0 Å². The van der Waals surface area contributed by atoms with Gasteiger partial charge in [0.15, 0.2) is 0 Å². The highest BCUT2D eigenvalue weighted by molar-refractivity contribution is 5.26. The van der Waals surface area contributed by atoms with E-state index in [0.29, 0.717) is 0 Å². The first kappa shape index (κ1) is 12.3. The lowest BCUT2D eigenvalue weighted by Gasteiger charge is -2.12. The Morgan fingerprint density at radius 3 is 2.40 bits per heavy atom. The third-order valence-corrected chi connectivity index (χ3v) is 3.00. The molecule has 1 N–H and O–H groups in total. The summed E-state index contributed by atoms with van der Waals surface area (Å²) < 4.78 is 0. The van der Waals surface area contributed by atoms with Gasteiger partial charge >= 0.3 is 0 Å². The van der Waals surface area contributed by atoms with E-state index in [1.54, 1.807) is 0 Å². The fraction of sp³-hybridized carbons (Fsp3) is 0.571. The molecule has 0 fully saturated rings. The molecule has 0 saturated heterocycles. The molecule has 0 radical (unpaired) electrons. The highest BCUT2D eigenvalue weighted by Gasteiger charge is 2.01. The van der Waals surface area contributed by atoms with E-state index in [1.165, 1.54) is 17.5 Å². The molecule has 1 rings (SSSR count). The van der Waals surface area contributed by atoms with Crippen LogP contribution in [0.2, 0.25) is 0 Å². The maximum atomic E-state index is 3.53. The van der Waals surface area contributed by atoms with Crippen molar-refractivity contribution in [3.05, 3.63) is 35.4 Å². The predicted octanol–water partition coefficient (Wildman–Crippen LogP) is 3.38.